The quantitative estimate of drug-likeness (QED) is 0.598. The average Bonchev–Trinajstić information content (AvgIpc) is 2.50. The third-order valence-electron chi connectivity index (χ3n) is 4.00. The van der Waals surface area contributed by atoms with Gasteiger partial charge in [0.05, 0.1) is 5.10 Å². The molecule has 0 unspecified atom stereocenters. The fourth-order valence-electron chi connectivity index (χ4n) is 2.67. The standard InChI is InChI=1S/C17H27N5O/c1-5-8-21(9-6-2)10-7-18-17-19-15-11-13(3)14(4)12-16(15)22(23)20-17/h11-12H,5-10H2,1-4H3,(H,18,19,20). The summed E-state index contributed by atoms with van der Waals surface area (Å²) in [6.07, 6.45) is 2.29. The van der Waals surface area contributed by atoms with Crippen LogP contribution in [-0.4, -0.2) is 41.2 Å². The predicted molar refractivity (Wildman–Crippen MR) is 93.5 cm³/mol. The third kappa shape index (κ3) is 4.51. The first-order chi connectivity index (χ1) is 11.0. The van der Waals surface area contributed by atoms with Crippen molar-refractivity contribution in [3.63, 3.8) is 0 Å². The summed E-state index contributed by atoms with van der Waals surface area (Å²) in [7, 11) is 0. The number of hydrogen-bond donors (Lipinski definition) is 1. The molecule has 0 aliphatic carbocycles. The summed E-state index contributed by atoms with van der Waals surface area (Å²) in [6, 6.07) is 3.78. The monoisotopic (exact) mass is 317 g/mol. The van der Waals surface area contributed by atoms with Crippen molar-refractivity contribution in [2.75, 3.05) is 31.5 Å². The number of hydrogen-bond acceptors (Lipinski definition) is 5. The molecule has 126 valence electrons. The molecule has 0 spiro atoms. The number of aromatic nitrogens is 3. The van der Waals surface area contributed by atoms with Crippen LogP contribution >= 0.6 is 0 Å². The van der Waals surface area contributed by atoms with Gasteiger partial charge in [-0.25, -0.2) is 4.98 Å². The van der Waals surface area contributed by atoms with Crippen LogP contribution in [0.3, 0.4) is 0 Å². The fourth-order valence-corrected chi connectivity index (χ4v) is 2.67. The minimum absolute atomic E-state index is 0.392. The second-order valence-corrected chi connectivity index (χ2v) is 6.00. The molecule has 6 heteroatoms. The summed E-state index contributed by atoms with van der Waals surface area (Å²) in [4.78, 5) is 7.53. The fraction of sp³-hybridized carbons (Fsp3) is 0.588. The Bertz CT molecular complexity index is 653. The smallest absolute Gasteiger partial charge is 0.290 e. The van der Waals surface area contributed by atoms with Gasteiger partial charge in [-0.15, -0.1) is 0 Å². The zero-order valence-electron chi connectivity index (χ0n) is 14.6. The SMILES string of the molecule is CCCN(CCC)CCNc1nc2cc(C)c(C)cc2[n+]([O-])n1. The summed E-state index contributed by atoms with van der Waals surface area (Å²) >= 11 is 0. The normalized spacial score (nSPS) is 11.3. The van der Waals surface area contributed by atoms with Crippen LogP contribution in [0.1, 0.15) is 37.8 Å². The third-order valence-corrected chi connectivity index (χ3v) is 4.00. The van der Waals surface area contributed by atoms with Gasteiger partial charge in [0.1, 0.15) is 5.52 Å². The molecule has 1 aromatic carbocycles. The maximum Gasteiger partial charge on any atom is 0.290 e. The molecule has 1 heterocycles. The Labute approximate surface area is 138 Å². The van der Waals surface area contributed by atoms with Gasteiger partial charge in [-0.1, -0.05) is 13.8 Å². The van der Waals surface area contributed by atoms with Crippen molar-refractivity contribution in [3.8, 4) is 0 Å². The Morgan fingerprint density at radius 3 is 2.39 bits per heavy atom. The highest BCUT2D eigenvalue weighted by Crippen LogP contribution is 2.15. The van der Waals surface area contributed by atoms with E-state index in [1.807, 2.05) is 26.0 Å². The molecule has 0 amide bonds. The molecule has 2 rings (SSSR count). The van der Waals surface area contributed by atoms with Crippen molar-refractivity contribution in [2.24, 2.45) is 0 Å². The van der Waals surface area contributed by atoms with Crippen molar-refractivity contribution in [1.82, 2.24) is 15.0 Å². The van der Waals surface area contributed by atoms with E-state index >= 15 is 0 Å². The highest BCUT2D eigenvalue weighted by molar-refractivity contribution is 5.73. The molecule has 0 atom stereocenters. The maximum absolute atomic E-state index is 12.1. The molecule has 0 radical (unpaired) electrons. The lowest BCUT2D eigenvalue weighted by Gasteiger charge is -2.20. The van der Waals surface area contributed by atoms with Crippen molar-refractivity contribution in [2.45, 2.75) is 40.5 Å². The van der Waals surface area contributed by atoms with Gasteiger partial charge in [0.15, 0.2) is 0 Å². The number of rotatable bonds is 8. The first-order valence-corrected chi connectivity index (χ1v) is 8.40. The van der Waals surface area contributed by atoms with E-state index in [-0.39, 0.29) is 0 Å². The molecule has 23 heavy (non-hydrogen) atoms. The van der Waals surface area contributed by atoms with Gasteiger partial charge in [-0.3, -0.25) is 0 Å². The topological polar surface area (TPSA) is 68.0 Å². The van der Waals surface area contributed by atoms with Gasteiger partial charge in [-0.2, -0.15) is 0 Å². The maximum atomic E-state index is 12.1. The highest BCUT2D eigenvalue weighted by Gasteiger charge is 2.12. The number of anilines is 1. The lowest BCUT2D eigenvalue weighted by Crippen LogP contribution is -2.35. The second-order valence-electron chi connectivity index (χ2n) is 6.00. The Kier molecular flexibility index (Phi) is 6.10. The molecule has 1 aromatic heterocycles. The van der Waals surface area contributed by atoms with E-state index in [0.29, 0.717) is 21.8 Å². The minimum atomic E-state index is 0.392. The van der Waals surface area contributed by atoms with E-state index in [4.69, 9.17) is 0 Å². The zero-order valence-corrected chi connectivity index (χ0v) is 14.6. The Morgan fingerprint density at radius 1 is 1.09 bits per heavy atom. The minimum Gasteiger partial charge on any atom is -0.594 e. The van der Waals surface area contributed by atoms with Gasteiger partial charge in [-0.05, 0) is 61.8 Å². The Hall–Kier alpha value is -1.95. The van der Waals surface area contributed by atoms with E-state index in [1.165, 1.54) is 0 Å². The van der Waals surface area contributed by atoms with Gasteiger partial charge in [0, 0.05) is 19.2 Å². The molecule has 1 N–H and O–H groups in total. The largest absolute Gasteiger partial charge is 0.594 e. The molecule has 0 aliphatic rings. The summed E-state index contributed by atoms with van der Waals surface area (Å²) in [5, 5.41) is 19.2. The van der Waals surface area contributed by atoms with E-state index in [2.05, 4.69) is 34.1 Å². The van der Waals surface area contributed by atoms with Gasteiger partial charge in [0.25, 0.3) is 11.5 Å². The molecular weight excluding hydrogens is 290 g/mol. The van der Waals surface area contributed by atoms with Crippen LogP contribution in [0.4, 0.5) is 5.95 Å². The molecule has 2 aromatic rings. The van der Waals surface area contributed by atoms with E-state index in [1.54, 1.807) is 0 Å². The van der Waals surface area contributed by atoms with E-state index in [0.717, 1.165) is 50.1 Å². The number of aryl methyl sites for hydroxylation is 2. The summed E-state index contributed by atoms with van der Waals surface area (Å²) in [5.41, 5.74) is 3.39. The van der Waals surface area contributed by atoms with Crippen LogP contribution < -0.4 is 10.2 Å². The summed E-state index contributed by atoms with van der Waals surface area (Å²) in [6.45, 7) is 12.2. The molecule has 0 saturated carbocycles. The van der Waals surface area contributed by atoms with Crippen LogP contribution in [0, 0.1) is 19.1 Å². The van der Waals surface area contributed by atoms with Crippen LogP contribution in [0.5, 0.6) is 0 Å². The first-order valence-electron chi connectivity index (χ1n) is 8.40. The molecular formula is C17H27N5O. The summed E-state index contributed by atoms with van der Waals surface area (Å²) in [5.74, 6) is 0.392. The van der Waals surface area contributed by atoms with Gasteiger partial charge in [0.2, 0.25) is 0 Å². The van der Waals surface area contributed by atoms with Gasteiger partial charge >= 0.3 is 0 Å². The van der Waals surface area contributed by atoms with E-state index < -0.39 is 0 Å². The zero-order chi connectivity index (χ0) is 16.8. The summed E-state index contributed by atoms with van der Waals surface area (Å²) < 4.78 is 0. The van der Waals surface area contributed by atoms with Crippen molar-refractivity contribution < 1.29 is 4.85 Å². The number of fused-ring (bicyclic) bond motifs is 1. The van der Waals surface area contributed by atoms with Crippen molar-refractivity contribution >= 4 is 17.0 Å². The molecule has 0 saturated heterocycles. The Morgan fingerprint density at radius 2 is 1.74 bits per heavy atom. The molecule has 6 nitrogen and oxygen atoms in total. The van der Waals surface area contributed by atoms with E-state index in [9.17, 15) is 5.21 Å². The molecule has 0 aliphatic heterocycles. The number of nitrogens with zero attached hydrogens (tertiary/aromatic N) is 4. The number of benzene rings is 1. The lowest BCUT2D eigenvalue weighted by molar-refractivity contribution is -0.641. The van der Waals surface area contributed by atoms with Crippen LogP contribution in [0.2, 0.25) is 0 Å². The average molecular weight is 317 g/mol. The predicted octanol–water partition coefficient (Wildman–Crippen LogP) is 2.41. The highest BCUT2D eigenvalue weighted by atomic mass is 16.5. The molecule has 0 fully saturated rings. The Balaban J connectivity index is 2.07. The van der Waals surface area contributed by atoms with Crippen LogP contribution in [-0.2, 0) is 0 Å². The van der Waals surface area contributed by atoms with Gasteiger partial charge < -0.3 is 15.4 Å². The van der Waals surface area contributed by atoms with Crippen LogP contribution in [0.25, 0.3) is 11.0 Å². The second kappa shape index (κ2) is 8.06. The number of nitrogens with one attached hydrogen (secondary N) is 1. The van der Waals surface area contributed by atoms with Crippen molar-refractivity contribution in [3.05, 3.63) is 28.5 Å². The van der Waals surface area contributed by atoms with Crippen molar-refractivity contribution in [1.29, 1.82) is 0 Å². The molecule has 0 bridgehead atoms. The van der Waals surface area contributed by atoms with Crippen LogP contribution in [0.15, 0.2) is 12.1 Å². The first kappa shape index (κ1) is 17.4. The lowest BCUT2D eigenvalue weighted by atomic mass is 10.1.